The molecule has 0 bridgehead atoms. The van der Waals surface area contributed by atoms with E-state index >= 15 is 0 Å². The number of benzene rings is 2. The molecule has 0 unspecified atom stereocenters. The molecule has 5 nitrogen and oxygen atoms in total. The molecule has 0 aliphatic heterocycles. The summed E-state index contributed by atoms with van der Waals surface area (Å²) in [5.41, 5.74) is 2.50. The maximum Gasteiger partial charge on any atom is 0.230 e. The van der Waals surface area contributed by atoms with Crippen LogP contribution in [0.3, 0.4) is 0 Å². The van der Waals surface area contributed by atoms with Crippen LogP contribution in [0.2, 0.25) is 0 Å². The first-order valence-corrected chi connectivity index (χ1v) is 11.3. The number of carbonyl (C=O) groups is 1. The largest absolute Gasteiger partial charge is 0.494 e. The Morgan fingerprint density at radius 1 is 1.13 bits per heavy atom. The Labute approximate surface area is 181 Å². The molecular weight excluding hydrogens is 396 g/mol. The van der Waals surface area contributed by atoms with E-state index < -0.39 is 0 Å². The minimum Gasteiger partial charge on any atom is -0.494 e. The van der Waals surface area contributed by atoms with Crippen LogP contribution in [0.1, 0.15) is 38.3 Å². The Morgan fingerprint density at radius 3 is 2.67 bits per heavy atom. The van der Waals surface area contributed by atoms with E-state index in [2.05, 4.69) is 10.3 Å². The SMILES string of the molecule is CCOc1ccc(-c2nc(CC(=O)Nc3ccccc3OC3CCCC3)cs2)cc1. The molecule has 156 valence electrons. The van der Waals surface area contributed by atoms with Crippen molar-refractivity contribution in [3.05, 3.63) is 59.6 Å². The highest BCUT2D eigenvalue weighted by atomic mass is 32.1. The maximum absolute atomic E-state index is 12.6. The second kappa shape index (κ2) is 9.76. The molecule has 30 heavy (non-hydrogen) atoms. The average Bonchev–Trinajstić information content (AvgIpc) is 3.43. The highest BCUT2D eigenvalue weighted by Gasteiger charge is 2.18. The van der Waals surface area contributed by atoms with Crippen LogP contribution >= 0.6 is 11.3 Å². The molecule has 2 aromatic carbocycles. The summed E-state index contributed by atoms with van der Waals surface area (Å²) in [4.78, 5) is 17.2. The summed E-state index contributed by atoms with van der Waals surface area (Å²) in [6, 6.07) is 15.5. The van der Waals surface area contributed by atoms with E-state index in [0.29, 0.717) is 6.61 Å². The van der Waals surface area contributed by atoms with Crippen molar-refractivity contribution in [3.63, 3.8) is 0 Å². The van der Waals surface area contributed by atoms with Gasteiger partial charge in [0.1, 0.15) is 16.5 Å². The third-order valence-corrected chi connectivity index (χ3v) is 6.00. The lowest BCUT2D eigenvalue weighted by molar-refractivity contribution is -0.115. The quantitative estimate of drug-likeness (QED) is 0.505. The molecule has 0 atom stereocenters. The zero-order valence-electron chi connectivity index (χ0n) is 17.1. The van der Waals surface area contributed by atoms with Gasteiger partial charge in [-0.3, -0.25) is 4.79 Å². The Hall–Kier alpha value is -2.86. The molecular formula is C24H26N2O3S. The van der Waals surface area contributed by atoms with E-state index in [4.69, 9.17) is 9.47 Å². The van der Waals surface area contributed by atoms with Gasteiger partial charge < -0.3 is 14.8 Å². The van der Waals surface area contributed by atoms with E-state index in [0.717, 1.165) is 46.3 Å². The van der Waals surface area contributed by atoms with E-state index in [1.54, 1.807) is 0 Å². The Bertz CT molecular complexity index is 978. The fourth-order valence-corrected chi connectivity index (χ4v) is 4.42. The van der Waals surface area contributed by atoms with Gasteiger partial charge in [0.15, 0.2) is 0 Å². The first-order chi connectivity index (χ1) is 14.7. The summed E-state index contributed by atoms with van der Waals surface area (Å²) in [6.45, 7) is 2.61. The molecule has 0 radical (unpaired) electrons. The lowest BCUT2D eigenvalue weighted by atomic mass is 10.2. The molecule has 3 aromatic rings. The van der Waals surface area contributed by atoms with Crippen LogP contribution in [-0.4, -0.2) is 23.6 Å². The van der Waals surface area contributed by atoms with Crippen molar-refractivity contribution in [3.8, 4) is 22.1 Å². The topological polar surface area (TPSA) is 60.5 Å². The number of hydrogen-bond acceptors (Lipinski definition) is 5. The average molecular weight is 423 g/mol. The number of aromatic nitrogens is 1. The van der Waals surface area contributed by atoms with E-state index in [-0.39, 0.29) is 18.4 Å². The van der Waals surface area contributed by atoms with Gasteiger partial charge in [-0.15, -0.1) is 11.3 Å². The third kappa shape index (κ3) is 5.19. The van der Waals surface area contributed by atoms with Gasteiger partial charge in [-0.1, -0.05) is 12.1 Å². The van der Waals surface area contributed by atoms with Gasteiger partial charge in [0.05, 0.1) is 30.5 Å². The summed E-state index contributed by atoms with van der Waals surface area (Å²) < 4.78 is 11.6. The van der Waals surface area contributed by atoms with Crippen molar-refractivity contribution in [1.29, 1.82) is 0 Å². The number of thiazole rings is 1. The summed E-state index contributed by atoms with van der Waals surface area (Å²) in [6.07, 6.45) is 5.05. The van der Waals surface area contributed by atoms with Crippen molar-refractivity contribution >= 4 is 22.9 Å². The van der Waals surface area contributed by atoms with Crippen molar-refractivity contribution in [2.75, 3.05) is 11.9 Å². The first-order valence-electron chi connectivity index (χ1n) is 10.4. The zero-order valence-corrected chi connectivity index (χ0v) is 17.9. The minimum atomic E-state index is -0.0963. The minimum absolute atomic E-state index is 0.0963. The predicted molar refractivity (Wildman–Crippen MR) is 120 cm³/mol. The summed E-state index contributed by atoms with van der Waals surface area (Å²) in [5, 5.41) is 5.82. The Kier molecular flexibility index (Phi) is 6.64. The summed E-state index contributed by atoms with van der Waals surface area (Å²) >= 11 is 1.54. The van der Waals surface area contributed by atoms with E-state index in [1.165, 1.54) is 24.2 Å². The first kappa shape index (κ1) is 20.4. The van der Waals surface area contributed by atoms with Gasteiger partial charge in [0.2, 0.25) is 5.91 Å². The second-order valence-corrected chi connectivity index (χ2v) is 8.20. The van der Waals surface area contributed by atoms with Crippen LogP contribution in [0, 0.1) is 0 Å². The standard InChI is InChI=1S/C24H26N2O3S/c1-2-28-19-13-11-17(12-14-19)24-25-18(16-30-24)15-23(27)26-21-9-5-6-10-22(21)29-20-7-3-4-8-20/h5-6,9-14,16,20H,2-4,7-8,15H2,1H3,(H,26,27). The van der Waals surface area contributed by atoms with Gasteiger partial charge in [-0.05, 0) is 69.0 Å². The number of nitrogens with zero attached hydrogens (tertiary/aromatic N) is 1. The molecule has 1 heterocycles. The normalized spacial score (nSPS) is 13.9. The summed E-state index contributed by atoms with van der Waals surface area (Å²) in [5.74, 6) is 1.49. The Morgan fingerprint density at radius 2 is 1.90 bits per heavy atom. The molecule has 1 aliphatic rings. The van der Waals surface area contributed by atoms with Crippen molar-refractivity contribution < 1.29 is 14.3 Å². The number of para-hydroxylation sites is 2. The number of nitrogens with one attached hydrogen (secondary N) is 1. The highest BCUT2D eigenvalue weighted by molar-refractivity contribution is 7.13. The molecule has 1 fully saturated rings. The fourth-order valence-electron chi connectivity index (χ4n) is 3.60. The molecule has 1 saturated carbocycles. The molecule has 4 rings (SSSR count). The lowest BCUT2D eigenvalue weighted by Gasteiger charge is -2.16. The van der Waals surface area contributed by atoms with Crippen LogP contribution < -0.4 is 14.8 Å². The number of amides is 1. The van der Waals surface area contributed by atoms with Gasteiger partial charge in [-0.2, -0.15) is 0 Å². The molecule has 6 heteroatoms. The second-order valence-electron chi connectivity index (χ2n) is 7.35. The molecule has 0 spiro atoms. The van der Waals surface area contributed by atoms with Crippen LogP contribution in [0.25, 0.3) is 10.6 Å². The molecule has 1 aliphatic carbocycles. The summed E-state index contributed by atoms with van der Waals surface area (Å²) in [7, 11) is 0. The van der Waals surface area contributed by atoms with E-state index in [1.807, 2.05) is 60.8 Å². The van der Waals surface area contributed by atoms with Gasteiger partial charge in [0, 0.05) is 10.9 Å². The number of hydrogen-bond donors (Lipinski definition) is 1. The van der Waals surface area contributed by atoms with Gasteiger partial charge in [-0.25, -0.2) is 4.98 Å². The predicted octanol–water partition coefficient (Wildman–Crippen LogP) is 5.71. The smallest absolute Gasteiger partial charge is 0.230 e. The Balaban J connectivity index is 1.38. The number of rotatable bonds is 8. The monoisotopic (exact) mass is 422 g/mol. The van der Waals surface area contributed by atoms with Gasteiger partial charge in [0.25, 0.3) is 0 Å². The third-order valence-electron chi connectivity index (χ3n) is 5.06. The van der Waals surface area contributed by atoms with Crippen molar-refractivity contribution in [1.82, 2.24) is 4.98 Å². The van der Waals surface area contributed by atoms with Crippen molar-refractivity contribution in [2.45, 2.75) is 45.1 Å². The fraction of sp³-hybridized carbons (Fsp3) is 0.333. The zero-order chi connectivity index (χ0) is 20.8. The van der Waals surface area contributed by atoms with E-state index in [9.17, 15) is 4.79 Å². The number of ether oxygens (including phenoxy) is 2. The van der Waals surface area contributed by atoms with Crippen LogP contribution in [-0.2, 0) is 11.2 Å². The van der Waals surface area contributed by atoms with Crippen molar-refractivity contribution in [2.24, 2.45) is 0 Å². The lowest BCUT2D eigenvalue weighted by Crippen LogP contribution is -2.17. The van der Waals surface area contributed by atoms with Crippen LogP contribution in [0.5, 0.6) is 11.5 Å². The molecule has 1 aromatic heterocycles. The van der Waals surface area contributed by atoms with Gasteiger partial charge >= 0.3 is 0 Å². The van der Waals surface area contributed by atoms with Crippen LogP contribution in [0.4, 0.5) is 5.69 Å². The number of carbonyl (C=O) groups excluding carboxylic acids is 1. The highest BCUT2D eigenvalue weighted by Crippen LogP contribution is 2.30. The number of anilines is 1. The van der Waals surface area contributed by atoms with Crippen LogP contribution in [0.15, 0.2) is 53.9 Å². The molecule has 1 amide bonds. The maximum atomic E-state index is 12.6. The molecule has 1 N–H and O–H groups in total. The molecule has 0 saturated heterocycles.